The molecule has 5 heteroatoms. The van der Waals surface area contributed by atoms with E-state index in [2.05, 4.69) is 23.7 Å². The molecule has 5 nitrogen and oxygen atoms in total. The largest absolute Gasteiger partial charge is 0.465 e. The van der Waals surface area contributed by atoms with Gasteiger partial charge in [-0.15, -0.1) is 0 Å². The highest BCUT2D eigenvalue weighted by molar-refractivity contribution is 5.90. The maximum Gasteiger partial charge on any atom is 0.341 e. The minimum atomic E-state index is -0.374. The van der Waals surface area contributed by atoms with Gasteiger partial charge in [0.25, 0.3) is 0 Å². The summed E-state index contributed by atoms with van der Waals surface area (Å²) in [5.74, 6) is 0.236. The van der Waals surface area contributed by atoms with Crippen molar-refractivity contribution in [3.63, 3.8) is 0 Å². The van der Waals surface area contributed by atoms with E-state index in [9.17, 15) is 4.79 Å². The number of nitrogens with zero attached hydrogens (tertiary/aromatic N) is 2. The van der Waals surface area contributed by atoms with Gasteiger partial charge in [-0.25, -0.2) is 4.79 Å². The topological polar surface area (TPSA) is 53.4 Å². The maximum absolute atomic E-state index is 11.5. The number of carbonyl (C=O) groups excluding carboxylic acids is 1. The zero-order chi connectivity index (χ0) is 12.8. The maximum atomic E-state index is 11.5. The Balaban J connectivity index is 2.55. The summed E-state index contributed by atoms with van der Waals surface area (Å²) >= 11 is 0. The number of hydrogen-bond donors (Lipinski definition) is 0. The van der Waals surface area contributed by atoms with E-state index in [0.717, 1.165) is 6.42 Å². The molecule has 0 atom stereocenters. The molecule has 0 bridgehead atoms. The Kier molecular flexibility index (Phi) is 5.15. The second kappa shape index (κ2) is 6.39. The Hall–Kier alpha value is -1.36. The van der Waals surface area contributed by atoms with E-state index < -0.39 is 0 Å². The molecular formula is C12H20N2O3. The Morgan fingerprint density at radius 3 is 2.82 bits per heavy atom. The van der Waals surface area contributed by atoms with Crippen molar-refractivity contribution in [2.24, 2.45) is 13.0 Å². The molecule has 0 aliphatic heterocycles. The van der Waals surface area contributed by atoms with Crippen molar-refractivity contribution in [3.05, 3.63) is 17.5 Å². The number of methoxy groups -OCH3 is 1. The summed E-state index contributed by atoms with van der Waals surface area (Å²) in [7, 11) is 3.13. The van der Waals surface area contributed by atoms with Crippen LogP contribution in [0.1, 0.15) is 36.3 Å². The van der Waals surface area contributed by atoms with Crippen LogP contribution in [0.3, 0.4) is 0 Å². The van der Waals surface area contributed by atoms with Crippen LogP contribution in [0.25, 0.3) is 0 Å². The molecule has 96 valence electrons. The van der Waals surface area contributed by atoms with Crippen molar-refractivity contribution in [2.45, 2.75) is 26.9 Å². The van der Waals surface area contributed by atoms with Crippen molar-refractivity contribution in [2.75, 3.05) is 13.7 Å². The quantitative estimate of drug-likeness (QED) is 0.561. The molecule has 17 heavy (non-hydrogen) atoms. The number of carbonyl (C=O) groups is 1. The molecule has 0 N–H and O–H groups in total. The van der Waals surface area contributed by atoms with Gasteiger partial charge in [0.15, 0.2) is 0 Å². The molecule has 0 saturated heterocycles. The van der Waals surface area contributed by atoms with E-state index in [1.807, 2.05) is 0 Å². The van der Waals surface area contributed by atoms with Crippen LogP contribution in [0.2, 0.25) is 0 Å². The minimum absolute atomic E-state index is 0.345. The van der Waals surface area contributed by atoms with Crippen LogP contribution in [-0.2, 0) is 23.1 Å². The van der Waals surface area contributed by atoms with Gasteiger partial charge >= 0.3 is 5.97 Å². The summed E-state index contributed by atoms with van der Waals surface area (Å²) in [6.45, 7) is 5.31. The van der Waals surface area contributed by atoms with E-state index in [0.29, 0.717) is 30.4 Å². The van der Waals surface area contributed by atoms with Gasteiger partial charge in [-0.1, -0.05) is 13.8 Å². The number of aryl methyl sites for hydroxylation is 1. The van der Waals surface area contributed by atoms with E-state index in [1.165, 1.54) is 7.11 Å². The predicted molar refractivity (Wildman–Crippen MR) is 63.7 cm³/mol. The number of ether oxygens (including phenoxy) is 2. The predicted octanol–water partition coefficient (Wildman–Crippen LogP) is 1.77. The van der Waals surface area contributed by atoms with E-state index in [1.54, 1.807) is 17.9 Å². The summed E-state index contributed by atoms with van der Waals surface area (Å²) in [5, 5.41) is 4.19. The molecule has 1 aromatic rings. The summed E-state index contributed by atoms with van der Waals surface area (Å²) in [5.41, 5.74) is 1.10. The smallest absolute Gasteiger partial charge is 0.341 e. The summed E-state index contributed by atoms with van der Waals surface area (Å²) < 4.78 is 11.8. The molecule has 0 aliphatic rings. The van der Waals surface area contributed by atoms with E-state index in [4.69, 9.17) is 4.74 Å². The van der Waals surface area contributed by atoms with Gasteiger partial charge in [-0.3, -0.25) is 4.68 Å². The third kappa shape index (κ3) is 4.19. The molecule has 0 amide bonds. The Morgan fingerprint density at radius 2 is 2.24 bits per heavy atom. The fraction of sp³-hybridized carbons (Fsp3) is 0.667. The lowest BCUT2D eigenvalue weighted by Crippen LogP contribution is -2.06. The van der Waals surface area contributed by atoms with Crippen molar-refractivity contribution >= 4 is 5.97 Å². The molecule has 0 saturated carbocycles. The average Bonchev–Trinajstić information content (AvgIpc) is 2.64. The zero-order valence-electron chi connectivity index (χ0n) is 10.9. The second-order valence-electron chi connectivity index (χ2n) is 4.39. The number of esters is 1. The monoisotopic (exact) mass is 240 g/mol. The van der Waals surface area contributed by atoms with Crippen molar-refractivity contribution < 1.29 is 14.3 Å². The molecule has 0 radical (unpaired) electrons. The van der Waals surface area contributed by atoms with Crippen LogP contribution >= 0.6 is 0 Å². The number of aromatic nitrogens is 2. The highest BCUT2D eigenvalue weighted by Gasteiger charge is 2.15. The van der Waals surface area contributed by atoms with Crippen LogP contribution in [0.15, 0.2) is 6.20 Å². The van der Waals surface area contributed by atoms with Gasteiger partial charge in [-0.05, 0) is 12.3 Å². The first-order valence-corrected chi connectivity index (χ1v) is 5.73. The SMILES string of the molecule is COC(=O)c1cn(C)nc1COCCC(C)C. The third-order valence-electron chi connectivity index (χ3n) is 2.39. The first-order chi connectivity index (χ1) is 8.04. The standard InChI is InChI=1S/C12H20N2O3/c1-9(2)5-6-17-8-11-10(12(15)16-4)7-14(3)13-11/h7,9H,5-6,8H2,1-4H3. The molecule has 0 unspecified atom stereocenters. The van der Waals surface area contributed by atoms with Gasteiger partial charge in [0.05, 0.1) is 13.7 Å². The lowest BCUT2D eigenvalue weighted by molar-refractivity contribution is 0.0590. The highest BCUT2D eigenvalue weighted by Crippen LogP contribution is 2.10. The minimum Gasteiger partial charge on any atom is -0.465 e. The molecule has 0 spiro atoms. The third-order valence-corrected chi connectivity index (χ3v) is 2.39. The molecule has 1 rings (SSSR count). The van der Waals surface area contributed by atoms with Gasteiger partial charge in [0.2, 0.25) is 0 Å². The normalized spacial score (nSPS) is 10.9. The van der Waals surface area contributed by atoms with Crippen molar-refractivity contribution in [3.8, 4) is 0 Å². The van der Waals surface area contributed by atoms with Crippen LogP contribution in [0.5, 0.6) is 0 Å². The lowest BCUT2D eigenvalue weighted by atomic mass is 10.1. The first kappa shape index (κ1) is 13.7. The van der Waals surface area contributed by atoms with Crippen LogP contribution in [0.4, 0.5) is 0 Å². The van der Waals surface area contributed by atoms with Crippen LogP contribution in [0, 0.1) is 5.92 Å². The second-order valence-corrected chi connectivity index (χ2v) is 4.39. The molecule has 0 aliphatic carbocycles. The Labute approximate surface area is 102 Å². The number of rotatable bonds is 6. The fourth-order valence-electron chi connectivity index (χ4n) is 1.41. The molecular weight excluding hydrogens is 220 g/mol. The van der Waals surface area contributed by atoms with Crippen molar-refractivity contribution in [1.29, 1.82) is 0 Å². The summed E-state index contributed by atoms with van der Waals surface area (Å²) in [4.78, 5) is 11.5. The van der Waals surface area contributed by atoms with Gasteiger partial charge in [0.1, 0.15) is 11.3 Å². The molecule has 1 aromatic heterocycles. The molecule has 0 fully saturated rings. The van der Waals surface area contributed by atoms with Gasteiger partial charge < -0.3 is 9.47 Å². The first-order valence-electron chi connectivity index (χ1n) is 5.73. The number of hydrogen-bond acceptors (Lipinski definition) is 4. The summed E-state index contributed by atoms with van der Waals surface area (Å²) in [6.07, 6.45) is 2.65. The van der Waals surface area contributed by atoms with E-state index in [-0.39, 0.29) is 5.97 Å². The Bertz CT molecular complexity index is 372. The van der Waals surface area contributed by atoms with Crippen LogP contribution < -0.4 is 0 Å². The zero-order valence-corrected chi connectivity index (χ0v) is 10.9. The van der Waals surface area contributed by atoms with Crippen LogP contribution in [-0.4, -0.2) is 29.5 Å². The van der Waals surface area contributed by atoms with Gasteiger partial charge in [0, 0.05) is 19.9 Å². The average molecular weight is 240 g/mol. The van der Waals surface area contributed by atoms with Gasteiger partial charge in [-0.2, -0.15) is 5.10 Å². The molecule has 1 heterocycles. The summed E-state index contributed by atoms with van der Waals surface area (Å²) in [6, 6.07) is 0. The van der Waals surface area contributed by atoms with E-state index >= 15 is 0 Å². The Morgan fingerprint density at radius 1 is 1.53 bits per heavy atom. The lowest BCUT2D eigenvalue weighted by Gasteiger charge is -2.05. The highest BCUT2D eigenvalue weighted by atomic mass is 16.5. The molecule has 0 aromatic carbocycles. The fourth-order valence-corrected chi connectivity index (χ4v) is 1.41. The van der Waals surface area contributed by atoms with Crippen molar-refractivity contribution in [1.82, 2.24) is 9.78 Å².